The fourth-order valence-corrected chi connectivity index (χ4v) is 3.86. The SMILES string of the molecule is CCN(CC1(CNC)CCCCCC1)c1cccc(C)c1. The number of nitrogens with one attached hydrogen (secondary N) is 1. The minimum Gasteiger partial charge on any atom is -0.371 e. The van der Waals surface area contributed by atoms with E-state index in [1.165, 1.54) is 56.3 Å². The van der Waals surface area contributed by atoms with Crippen molar-refractivity contribution in [3.05, 3.63) is 29.8 Å². The van der Waals surface area contributed by atoms with Gasteiger partial charge < -0.3 is 10.2 Å². The minimum atomic E-state index is 0.449. The van der Waals surface area contributed by atoms with Crippen molar-refractivity contribution in [2.24, 2.45) is 5.41 Å². The van der Waals surface area contributed by atoms with Crippen molar-refractivity contribution in [2.75, 3.05) is 31.6 Å². The van der Waals surface area contributed by atoms with Crippen LogP contribution in [0.2, 0.25) is 0 Å². The van der Waals surface area contributed by atoms with Crippen molar-refractivity contribution in [1.82, 2.24) is 5.32 Å². The van der Waals surface area contributed by atoms with E-state index in [2.05, 4.69) is 55.4 Å². The van der Waals surface area contributed by atoms with E-state index in [0.717, 1.165) is 13.1 Å². The summed E-state index contributed by atoms with van der Waals surface area (Å²) >= 11 is 0. The summed E-state index contributed by atoms with van der Waals surface area (Å²) in [6.45, 7) is 7.90. The van der Waals surface area contributed by atoms with E-state index >= 15 is 0 Å². The zero-order valence-corrected chi connectivity index (χ0v) is 14.1. The van der Waals surface area contributed by atoms with Crippen molar-refractivity contribution in [3.63, 3.8) is 0 Å². The first kappa shape index (κ1) is 16.4. The first-order valence-corrected chi connectivity index (χ1v) is 8.65. The molecule has 1 fully saturated rings. The summed E-state index contributed by atoms with van der Waals surface area (Å²) in [5, 5.41) is 3.47. The van der Waals surface area contributed by atoms with Gasteiger partial charge in [-0.1, -0.05) is 37.8 Å². The number of benzene rings is 1. The van der Waals surface area contributed by atoms with E-state index in [1.54, 1.807) is 0 Å². The van der Waals surface area contributed by atoms with Crippen LogP contribution in [-0.4, -0.2) is 26.7 Å². The van der Waals surface area contributed by atoms with Crippen LogP contribution in [0.15, 0.2) is 24.3 Å². The number of rotatable bonds is 6. The van der Waals surface area contributed by atoms with E-state index in [9.17, 15) is 0 Å². The third-order valence-electron chi connectivity index (χ3n) is 4.99. The monoisotopic (exact) mass is 288 g/mol. The van der Waals surface area contributed by atoms with Gasteiger partial charge in [0.2, 0.25) is 0 Å². The average molecular weight is 288 g/mol. The number of nitrogens with zero attached hydrogens (tertiary/aromatic N) is 1. The summed E-state index contributed by atoms with van der Waals surface area (Å²) in [5.74, 6) is 0. The lowest BCUT2D eigenvalue weighted by Crippen LogP contribution is -2.43. The summed E-state index contributed by atoms with van der Waals surface area (Å²) in [6, 6.07) is 8.96. The van der Waals surface area contributed by atoms with Gasteiger partial charge in [0.15, 0.2) is 0 Å². The molecule has 1 saturated carbocycles. The number of aryl methyl sites for hydroxylation is 1. The molecule has 0 unspecified atom stereocenters. The van der Waals surface area contributed by atoms with Gasteiger partial charge in [-0.15, -0.1) is 0 Å². The summed E-state index contributed by atoms with van der Waals surface area (Å²) < 4.78 is 0. The lowest BCUT2D eigenvalue weighted by molar-refractivity contribution is 0.243. The van der Waals surface area contributed by atoms with Crippen molar-refractivity contribution >= 4 is 5.69 Å². The summed E-state index contributed by atoms with van der Waals surface area (Å²) in [4.78, 5) is 2.58. The van der Waals surface area contributed by atoms with Crippen molar-refractivity contribution in [1.29, 1.82) is 0 Å². The van der Waals surface area contributed by atoms with Crippen LogP contribution < -0.4 is 10.2 Å². The molecule has 0 aromatic heterocycles. The van der Waals surface area contributed by atoms with Crippen LogP contribution in [0.25, 0.3) is 0 Å². The Morgan fingerprint density at radius 2 is 1.86 bits per heavy atom. The highest BCUT2D eigenvalue weighted by Gasteiger charge is 2.32. The van der Waals surface area contributed by atoms with Crippen LogP contribution in [-0.2, 0) is 0 Å². The largest absolute Gasteiger partial charge is 0.371 e. The molecule has 2 heteroatoms. The van der Waals surface area contributed by atoms with Crippen molar-refractivity contribution < 1.29 is 0 Å². The molecule has 1 aromatic carbocycles. The second kappa shape index (κ2) is 7.84. The molecule has 118 valence electrons. The Balaban J connectivity index is 2.16. The molecular weight excluding hydrogens is 256 g/mol. The molecule has 1 N–H and O–H groups in total. The maximum Gasteiger partial charge on any atom is 0.0368 e. The Morgan fingerprint density at radius 3 is 2.43 bits per heavy atom. The van der Waals surface area contributed by atoms with Gasteiger partial charge in [0.1, 0.15) is 0 Å². The Morgan fingerprint density at radius 1 is 1.14 bits per heavy atom. The third-order valence-corrected chi connectivity index (χ3v) is 4.99. The molecular formula is C19H32N2. The topological polar surface area (TPSA) is 15.3 Å². The molecule has 0 radical (unpaired) electrons. The van der Waals surface area contributed by atoms with Gasteiger partial charge in [0.05, 0.1) is 0 Å². The van der Waals surface area contributed by atoms with E-state index in [0.29, 0.717) is 5.41 Å². The molecule has 1 aliphatic carbocycles. The molecule has 0 atom stereocenters. The van der Waals surface area contributed by atoms with E-state index in [1.807, 2.05) is 0 Å². The molecule has 0 aliphatic heterocycles. The molecule has 0 spiro atoms. The molecule has 2 rings (SSSR count). The predicted octanol–water partition coefficient (Wildman–Crippen LogP) is 4.38. The van der Waals surface area contributed by atoms with E-state index in [-0.39, 0.29) is 0 Å². The summed E-state index contributed by atoms with van der Waals surface area (Å²) in [5.41, 5.74) is 3.19. The number of hydrogen-bond donors (Lipinski definition) is 1. The highest BCUT2D eigenvalue weighted by molar-refractivity contribution is 5.48. The van der Waals surface area contributed by atoms with Gasteiger partial charge in [0.25, 0.3) is 0 Å². The second-order valence-corrected chi connectivity index (χ2v) is 6.80. The molecule has 1 aromatic rings. The summed E-state index contributed by atoms with van der Waals surface area (Å²) in [7, 11) is 2.11. The van der Waals surface area contributed by atoms with Gasteiger partial charge in [-0.05, 0) is 51.4 Å². The summed E-state index contributed by atoms with van der Waals surface area (Å²) in [6.07, 6.45) is 8.37. The first-order valence-electron chi connectivity index (χ1n) is 8.65. The zero-order valence-electron chi connectivity index (χ0n) is 14.1. The second-order valence-electron chi connectivity index (χ2n) is 6.80. The van der Waals surface area contributed by atoms with Gasteiger partial charge in [0, 0.05) is 30.7 Å². The number of hydrogen-bond acceptors (Lipinski definition) is 2. The smallest absolute Gasteiger partial charge is 0.0368 e. The van der Waals surface area contributed by atoms with Crippen LogP contribution in [0.4, 0.5) is 5.69 Å². The normalized spacial score (nSPS) is 18.2. The lowest BCUT2D eigenvalue weighted by atomic mass is 9.79. The zero-order chi connectivity index (χ0) is 15.1. The average Bonchev–Trinajstić information content (AvgIpc) is 2.71. The molecule has 0 amide bonds. The Bertz CT molecular complexity index is 419. The Kier molecular flexibility index (Phi) is 6.10. The van der Waals surface area contributed by atoms with Crippen LogP contribution in [0.3, 0.4) is 0 Å². The Hall–Kier alpha value is -1.02. The van der Waals surface area contributed by atoms with Crippen LogP contribution in [0, 0.1) is 12.3 Å². The maximum atomic E-state index is 3.47. The highest BCUT2D eigenvalue weighted by Crippen LogP contribution is 2.36. The standard InChI is InChI=1S/C19H32N2/c1-4-21(18-11-9-10-17(2)14-18)16-19(15-20-3)12-7-5-6-8-13-19/h9-11,14,20H,4-8,12-13,15-16H2,1-3H3. The molecule has 1 aliphatic rings. The van der Waals surface area contributed by atoms with Gasteiger partial charge in [-0.2, -0.15) is 0 Å². The van der Waals surface area contributed by atoms with Crippen LogP contribution in [0.5, 0.6) is 0 Å². The molecule has 0 bridgehead atoms. The first-order chi connectivity index (χ1) is 10.2. The van der Waals surface area contributed by atoms with E-state index < -0.39 is 0 Å². The minimum absolute atomic E-state index is 0.449. The molecule has 21 heavy (non-hydrogen) atoms. The molecule has 2 nitrogen and oxygen atoms in total. The van der Waals surface area contributed by atoms with Crippen LogP contribution in [0.1, 0.15) is 51.0 Å². The lowest BCUT2D eigenvalue weighted by Gasteiger charge is -2.39. The maximum absolute atomic E-state index is 3.47. The Labute approximate surface area is 130 Å². The van der Waals surface area contributed by atoms with Gasteiger partial charge >= 0.3 is 0 Å². The van der Waals surface area contributed by atoms with Gasteiger partial charge in [-0.25, -0.2) is 0 Å². The van der Waals surface area contributed by atoms with E-state index in [4.69, 9.17) is 0 Å². The predicted molar refractivity (Wildman–Crippen MR) is 93.1 cm³/mol. The van der Waals surface area contributed by atoms with Crippen LogP contribution >= 0.6 is 0 Å². The fourth-order valence-electron chi connectivity index (χ4n) is 3.86. The molecule has 0 heterocycles. The fraction of sp³-hybridized carbons (Fsp3) is 0.684. The molecule has 0 saturated heterocycles. The van der Waals surface area contributed by atoms with Gasteiger partial charge in [-0.3, -0.25) is 0 Å². The number of anilines is 1. The third kappa shape index (κ3) is 4.47. The quantitative estimate of drug-likeness (QED) is 0.781. The highest BCUT2D eigenvalue weighted by atomic mass is 15.1. The van der Waals surface area contributed by atoms with Crippen molar-refractivity contribution in [3.8, 4) is 0 Å². The van der Waals surface area contributed by atoms with Crippen molar-refractivity contribution in [2.45, 2.75) is 52.4 Å².